The van der Waals surface area contributed by atoms with Gasteiger partial charge in [-0.15, -0.1) is 0 Å². The molecule has 5 fully saturated rings. The van der Waals surface area contributed by atoms with E-state index in [0.717, 1.165) is 42.8 Å². The lowest BCUT2D eigenvalue weighted by Crippen LogP contribution is -2.52. The molecule has 5 rings (SSSR count). The first-order valence-electron chi connectivity index (χ1n) is 12.1. The van der Waals surface area contributed by atoms with Gasteiger partial charge in [0.05, 0.1) is 18.4 Å². The van der Waals surface area contributed by atoms with Crippen molar-refractivity contribution in [3.8, 4) is 0 Å². The van der Waals surface area contributed by atoms with Gasteiger partial charge in [0.25, 0.3) is 0 Å². The molecule has 2 aliphatic carbocycles. The van der Waals surface area contributed by atoms with Gasteiger partial charge in [0, 0.05) is 19.8 Å². The van der Waals surface area contributed by atoms with Crippen LogP contribution >= 0.6 is 0 Å². The van der Waals surface area contributed by atoms with Gasteiger partial charge in [0.1, 0.15) is 0 Å². The summed E-state index contributed by atoms with van der Waals surface area (Å²) in [6, 6.07) is 0. The van der Waals surface area contributed by atoms with Crippen LogP contribution in [0.15, 0.2) is 0 Å². The molecule has 0 aromatic carbocycles. The summed E-state index contributed by atoms with van der Waals surface area (Å²) in [5.74, 6) is 4.00. The maximum atomic E-state index is 6.77. The molecule has 0 aromatic heterocycles. The number of hydrogen-bond donors (Lipinski definition) is 2. The highest BCUT2D eigenvalue weighted by molar-refractivity contribution is 4.99. The molecule has 0 amide bonds. The largest absolute Gasteiger partial charge is 0.381 e. The molecule has 3 aliphatic heterocycles. The van der Waals surface area contributed by atoms with Gasteiger partial charge in [-0.1, -0.05) is 32.1 Å². The third kappa shape index (κ3) is 4.10. The van der Waals surface area contributed by atoms with Gasteiger partial charge in [0.15, 0.2) is 0 Å². The van der Waals surface area contributed by atoms with Crippen molar-refractivity contribution in [2.24, 2.45) is 29.6 Å². The van der Waals surface area contributed by atoms with E-state index in [2.05, 4.69) is 10.6 Å². The molecule has 5 aliphatic rings. The van der Waals surface area contributed by atoms with Crippen molar-refractivity contribution in [3.63, 3.8) is 0 Å². The van der Waals surface area contributed by atoms with E-state index in [1.807, 2.05) is 0 Å². The zero-order chi connectivity index (χ0) is 18.1. The fraction of sp³-hybridized carbons (Fsp3) is 1.00. The zero-order valence-corrected chi connectivity index (χ0v) is 17.0. The van der Waals surface area contributed by atoms with Crippen molar-refractivity contribution in [2.45, 2.75) is 89.0 Å². The smallest absolute Gasteiger partial charge is 0.0610 e. The van der Waals surface area contributed by atoms with Crippen LogP contribution in [-0.4, -0.2) is 44.7 Å². The Bertz CT molecular complexity index is 475. The zero-order valence-electron chi connectivity index (χ0n) is 17.0. The Labute approximate surface area is 165 Å². The fourth-order valence-corrected chi connectivity index (χ4v) is 7.07. The monoisotopic (exact) mass is 376 g/mol. The van der Waals surface area contributed by atoms with Crippen LogP contribution in [0.5, 0.6) is 0 Å². The van der Waals surface area contributed by atoms with Crippen molar-refractivity contribution in [2.75, 3.05) is 26.3 Å². The Kier molecular flexibility index (Phi) is 6.06. The predicted molar refractivity (Wildman–Crippen MR) is 108 cm³/mol. The Balaban J connectivity index is 1.23. The average Bonchev–Trinajstić information content (AvgIpc) is 3.38. The highest BCUT2D eigenvalue weighted by Crippen LogP contribution is 2.43. The van der Waals surface area contributed by atoms with E-state index >= 15 is 0 Å². The maximum absolute atomic E-state index is 6.77. The van der Waals surface area contributed by atoms with Gasteiger partial charge >= 0.3 is 0 Å². The molecule has 7 unspecified atom stereocenters. The highest BCUT2D eigenvalue weighted by Gasteiger charge is 2.46. The minimum absolute atomic E-state index is 0.535. The lowest BCUT2D eigenvalue weighted by molar-refractivity contribution is -0.0910. The molecule has 0 aromatic rings. The summed E-state index contributed by atoms with van der Waals surface area (Å²) in [7, 11) is 0. The topological polar surface area (TPSA) is 42.5 Å². The Hall–Kier alpha value is -0.160. The minimum atomic E-state index is 0.535. The standard InChI is InChI=1S/C23H40N2O2/c1-2-6-18(7-3-1)27-22-9-5-4-8-19(22)17-12-20-21(16-10-11-26-15-16)14-25-23(20)24-13-17/h16-25H,1-15H2. The molecule has 0 spiro atoms. The molecule has 2 saturated carbocycles. The molecule has 4 nitrogen and oxygen atoms in total. The van der Waals surface area contributed by atoms with Crippen molar-refractivity contribution in [1.29, 1.82) is 0 Å². The SMILES string of the molecule is C1CCC(OC2CCCCC2C2CNC3NCC(C4CCOC4)C3C2)CC1. The first kappa shape index (κ1) is 18.8. The first-order valence-corrected chi connectivity index (χ1v) is 12.1. The quantitative estimate of drug-likeness (QED) is 0.785. The second kappa shape index (κ2) is 8.69. The van der Waals surface area contributed by atoms with Gasteiger partial charge in [0.2, 0.25) is 0 Å². The van der Waals surface area contributed by atoms with E-state index in [-0.39, 0.29) is 0 Å². The van der Waals surface area contributed by atoms with Gasteiger partial charge in [-0.05, 0) is 74.7 Å². The second-order valence-electron chi connectivity index (χ2n) is 10.1. The van der Waals surface area contributed by atoms with Crippen LogP contribution in [-0.2, 0) is 9.47 Å². The van der Waals surface area contributed by atoms with Gasteiger partial charge < -0.3 is 20.1 Å². The summed E-state index contributed by atoms with van der Waals surface area (Å²) in [5, 5.41) is 7.69. The van der Waals surface area contributed by atoms with E-state index in [1.165, 1.54) is 83.7 Å². The molecule has 3 heterocycles. The van der Waals surface area contributed by atoms with Gasteiger partial charge in [-0.2, -0.15) is 0 Å². The molecule has 0 radical (unpaired) electrons. The van der Waals surface area contributed by atoms with Crippen molar-refractivity contribution in [1.82, 2.24) is 10.6 Å². The Morgan fingerprint density at radius 2 is 1.52 bits per heavy atom. The van der Waals surface area contributed by atoms with E-state index in [0.29, 0.717) is 18.4 Å². The van der Waals surface area contributed by atoms with Crippen LogP contribution < -0.4 is 10.6 Å². The summed E-state index contributed by atoms with van der Waals surface area (Å²) in [5.41, 5.74) is 0. The van der Waals surface area contributed by atoms with Crippen LogP contribution in [0.25, 0.3) is 0 Å². The predicted octanol–water partition coefficient (Wildman–Crippen LogP) is 3.70. The summed E-state index contributed by atoms with van der Waals surface area (Å²) in [6.07, 6.45) is 16.6. The minimum Gasteiger partial charge on any atom is -0.381 e. The lowest BCUT2D eigenvalue weighted by Gasteiger charge is -2.44. The van der Waals surface area contributed by atoms with Crippen molar-refractivity contribution in [3.05, 3.63) is 0 Å². The summed E-state index contributed by atoms with van der Waals surface area (Å²) in [4.78, 5) is 0. The second-order valence-corrected chi connectivity index (χ2v) is 10.1. The maximum Gasteiger partial charge on any atom is 0.0610 e. The van der Waals surface area contributed by atoms with Crippen molar-refractivity contribution < 1.29 is 9.47 Å². The molecule has 3 saturated heterocycles. The molecule has 2 N–H and O–H groups in total. The lowest BCUT2D eigenvalue weighted by atomic mass is 9.69. The Morgan fingerprint density at radius 1 is 0.704 bits per heavy atom. The van der Waals surface area contributed by atoms with E-state index < -0.39 is 0 Å². The fourth-order valence-electron chi connectivity index (χ4n) is 7.07. The molecular formula is C23H40N2O2. The van der Waals surface area contributed by atoms with E-state index in [4.69, 9.17) is 9.47 Å². The molecule has 7 atom stereocenters. The third-order valence-corrected chi connectivity index (χ3v) is 8.58. The molecule has 154 valence electrons. The normalized spacial score (nSPS) is 46.4. The van der Waals surface area contributed by atoms with Gasteiger partial charge in [-0.3, -0.25) is 0 Å². The average molecular weight is 377 g/mol. The molecule has 27 heavy (non-hydrogen) atoms. The van der Waals surface area contributed by atoms with E-state index in [1.54, 1.807) is 0 Å². The number of nitrogens with one attached hydrogen (secondary N) is 2. The summed E-state index contributed by atoms with van der Waals surface area (Å²) < 4.78 is 12.5. The van der Waals surface area contributed by atoms with Crippen LogP contribution in [0.2, 0.25) is 0 Å². The first-order chi connectivity index (χ1) is 13.4. The van der Waals surface area contributed by atoms with Crippen LogP contribution in [0, 0.1) is 29.6 Å². The van der Waals surface area contributed by atoms with Crippen LogP contribution in [0.3, 0.4) is 0 Å². The summed E-state index contributed by atoms with van der Waals surface area (Å²) >= 11 is 0. The van der Waals surface area contributed by atoms with Crippen LogP contribution in [0.1, 0.15) is 70.6 Å². The number of piperidine rings is 1. The highest BCUT2D eigenvalue weighted by atomic mass is 16.5. The molecular weight excluding hydrogens is 336 g/mol. The number of rotatable bonds is 4. The third-order valence-electron chi connectivity index (χ3n) is 8.58. The Morgan fingerprint density at radius 3 is 2.37 bits per heavy atom. The van der Waals surface area contributed by atoms with E-state index in [9.17, 15) is 0 Å². The van der Waals surface area contributed by atoms with Crippen molar-refractivity contribution >= 4 is 0 Å². The number of fused-ring (bicyclic) bond motifs is 1. The van der Waals surface area contributed by atoms with Crippen LogP contribution in [0.4, 0.5) is 0 Å². The van der Waals surface area contributed by atoms with Gasteiger partial charge in [-0.25, -0.2) is 0 Å². The number of hydrogen-bond acceptors (Lipinski definition) is 4. The molecule has 4 heteroatoms. The molecule has 0 bridgehead atoms. The number of ether oxygens (including phenoxy) is 2. The summed E-state index contributed by atoms with van der Waals surface area (Å²) in [6.45, 7) is 4.36.